The summed E-state index contributed by atoms with van der Waals surface area (Å²) in [5.41, 5.74) is 0.352. The number of hydrogen-bond donors (Lipinski definition) is 4. The molecular formula is C15H26O6. The third kappa shape index (κ3) is 14.6. The van der Waals surface area contributed by atoms with E-state index in [-0.39, 0.29) is 17.1 Å². The van der Waals surface area contributed by atoms with Gasteiger partial charge >= 0.3 is 11.9 Å². The molecule has 0 radical (unpaired) electrons. The van der Waals surface area contributed by atoms with Crippen molar-refractivity contribution in [1.29, 1.82) is 0 Å². The van der Waals surface area contributed by atoms with Gasteiger partial charge in [0.15, 0.2) is 6.29 Å². The quantitative estimate of drug-likeness (QED) is 0.469. The minimum atomic E-state index is -1.06. The maximum absolute atomic E-state index is 9.60. The van der Waals surface area contributed by atoms with Crippen molar-refractivity contribution in [3.8, 4) is 0 Å². The predicted octanol–water partition coefficient (Wildman–Crippen LogP) is 2.17. The smallest absolute Gasteiger partial charge is 0.330 e. The first-order valence-corrected chi connectivity index (χ1v) is 6.73. The SMILES string of the molecule is C=C(C)C(=O)O.C=C(C)C(=O)O.OC(O)C1CCCCC1. The number of aliphatic hydroxyl groups is 2. The van der Waals surface area contributed by atoms with E-state index >= 15 is 0 Å². The molecule has 6 heteroatoms. The van der Waals surface area contributed by atoms with Crippen molar-refractivity contribution in [2.45, 2.75) is 52.2 Å². The summed E-state index contributed by atoms with van der Waals surface area (Å²) in [6.45, 7) is 9.20. The third-order valence-electron chi connectivity index (χ3n) is 2.80. The number of carbonyl (C=O) groups is 2. The van der Waals surface area contributed by atoms with Crippen molar-refractivity contribution in [3.05, 3.63) is 24.3 Å². The first-order valence-electron chi connectivity index (χ1n) is 6.73. The molecule has 0 saturated heterocycles. The summed E-state index contributed by atoms with van der Waals surface area (Å²) >= 11 is 0. The van der Waals surface area contributed by atoms with Gasteiger partial charge in [-0.2, -0.15) is 0 Å². The Morgan fingerprint density at radius 1 is 0.905 bits per heavy atom. The Labute approximate surface area is 125 Å². The summed E-state index contributed by atoms with van der Waals surface area (Å²) in [4.78, 5) is 19.2. The van der Waals surface area contributed by atoms with Crippen LogP contribution in [0.4, 0.5) is 0 Å². The van der Waals surface area contributed by atoms with Crippen molar-refractivity contribution in [1.82, 2.24) is 0 Å². The van der Waals surface area contributed by atoms with Gasteiger partial charge in [-0.1, -0.05) is 32.4 Å². The average Bonchev–Trinajstić information content (AvgIpc) is 2.40. The van der Waals surface area contributed by atoms with Crippen molar-refractivity contribution < 1.29 is 30.0 Å². The molecule has 1 aliphatic carbocycles. The molecule has 4 N–H and O–H groups in total. The van der Waals surface area contributed by atoms with Gasteiger partial charge in [-0.05, 0) is 26.7 Å². The van der Waals surface area contributed by atoms with Crippen LogP contribution in [0.2, 0.25) is 0 Å². The minimum Gasteiger partial charge on any atom is -0.478 e. The highest BCUT2D eigenvalue weighted by Gasteiger charge is 2.18. The lowest BCUT2D eigenvalue weighted by Crippen LogP contribution is -2.21. The summed E-state index contributed by atoms with van der Waals surface area (Å²) in [5.74, 6) is -1.70. The second-order valence-corrected chi connectivity index (χ2v) is 4.98. The van der Waals surface area contributed by atoms with Gasteiger partial charge in [-0.15, -0.1) is 0 Å². The molecule has 21 heavy (non-hydrogen) atoms. The van der Waals surface area contributed by atoms with E-state index in [1.807, 2.05) is 0 Å². The third-order valence-corrected chi connectivity index (χ3v) is 2.80. The van der Waals surface area contributed by atoms with Crippen LogP contribution in [-0.4, -0.2) is 38.7 Å². The summed E-state index contributed by atoms with van der Waals surface area (Å²) in [7, 11) is 0. The zero-order valence-electron chi connectivity index (χ0n) is 12.7. The lowest BCUT2D eigenvalue weighted by Gasteiger charge is -2.22. The van der Waals surface area contributed by atoms with E-state index in [4.69, 9.17) is 20.4 Å². The lowest BCUT2D eigenvalue weighted by atomic mass is 9.89. The van der Waals surface area contributed by atoms with E-state index in [0.29, 0.717) is 0 Å². The van der Waals surface area contributed by atoms with Gasteiger partial charge in [-0.3, -0.25) is 0 Å². The zero-order chi connectivity index (χ0) is 17.0. The Morgan fingerprint density at radius 2 is 1.19 bits per heavy atom. The fraction of sp³-hybridized carbons (Fsp3) is 0.600. The van der Waals surface area contributed by atoms with Gasteiger partial charge in [0, 0.05) is 17.1 Å². The van der Waals surface area contributed by atoms with Gasteiger partial charge in [0.05, 0.1) is 0 Å². The molecule has 1 fully saturated rings. The normalized spacial score (nSPS) is 14.1. The van der Waals surface area contributed by atoms with E-state index < -0.39 is 18.2 Å². The van der Waals surface area contributed by atoms with Crippen LogP contribution < -0.4 is 0 Å². The minimum absolute atomic E-state index is 0.166. The van der Waals surface area contributed by atoms with Crippen LogP contribution in [0.1, 0.15) is 46.0 Å². The molecule has 0 aliphatic heterocycles. The molecule has 122 valence electrons. The Morgan fingerprint density at radius 3 is 1.33 bits per heavy atom. The Balaban J connectivity index is 0. The average molecular weight is 302 g/mol. The summed E-state index contributed by atoms with van der Waals surface area (Å²) in [6.07, 6.45) is 4.54. The van der Waals surface area contributed by atoms with Crippen LogP contribution in [0, 0.1) is 5.92 Å². The summed E-state index contributed by atoms with van der Waals surface area (Å²) in [6, 6.07) is 0. The largest absolute Gasteiger partial charge is 0.478 e. The molecule has 0 spiro atoms. The fourth-order valence-corrected chi connectivity index (χ4v) is 1.43. The zero-order valence-corrected chi connectivity index (χ0v) is 12.7. The van der Waals surface area contributed by atoms with E-state index in [1.165, 1.54) is 33.1 Å². The number of aliphatic carboxylic acids is 2. The van der Waals surface area contributed by atoms with Crippen LogP contribution in [0.15, 0.2) is 24.3 Å². The van der Waals surface area contributed by atoms with E-state index in [9.17, 15) is 9.59 Å². The van der Waals surface area contributed by atoms with E-state index in [2.05, 4.69) is 13.2 Å². The maximum atomic E-state index is 9.60. The highest BCUT2D eigenvalue weighted by atomic mass is 16.5. The second-order valence-electron chi connectivity index (χ2n) is 4.98. The standard InChI is InChI=1S/C7H14O2.2C4H6O2/c8-7(9)6-4-2-1-3-5-6;2*1-3(2)4(5)6/h6-9H,1-5H2;2*1H2,2H3,(H,5,6). The highest BCUT2D eigenvalue weighted by molar-refractivity contribution is 5.85. The maximum Gasteiger partial charge on any atom is 0.330 e. The summed E-state index contributed by atoms with van der Waals surface area (Å²) < 4.78 is 0. The first kappa shape index (κ1) is 21.6. The molecule has 0 bridgehead atoms. The number of aliphatic hydroxyl groups excluding tert-OH is 1. The van der Waals surface area contributed by atoms with E-state index in [1.54, 1.807) is 0 Å². The molecule has 1 saturated carbocycles. The molecule has 0 heterocycles. The molecule has 0 atom stereocenters. The van der Waals surface area contributed by atoms with Crippen LogP contribution in [0.5, 0.6) is 0 Å². The lowest BCUT2D eigenvalue weighted by molar-refractivity contribution is -0.133. The molecule has 6 nitrogen and oxygen atoms in total. The van der Waals surface area contributed by atoms with Gasteiger partial charge < -0.3 is 20.4 Å². The van der Waals surface area contributed by atoms with Gasteiger partial charge in [0.2, 0.25) is 0 Å². The highest BCUT2D eigenvalue weighted by Crippen LogP contribution is 2.25. The van der Waals surface area contributed by atoms with Crippen LogP contribution in [0.3, 0.4) is 0 Å². The molecule has 0 aromatic heterocycles. The topological polar surface area (TPSA) is 115 Å². The van der Waals surface area contributed by atoms with Gasteiger partial charge in [0.1, 0.15) is 0 Å². The van der Waals surface area contributed by atoms with Crippen LogP contribution >= 0.6 is 0 Å². The Hall–Kier alpha value is -1.66. The Kier molecular flexibility index (Phi) is 12.5. The van der Waals surface area contributed by atoms with Crippen LogP contribution in [-0.2, 0) is 9.59 Å². The Bertz CT molecular complexity index is 305. The molecular weight excluding hydrogens is 276 g/mol. The van der Waals surface area contributed by atoms with Crippen molar-refractivity contribution >= 4 is 11.9 Å². The van der Waals surface area contributed by atoms with Crippen molar-refractivity contribution in [2.75, 3.05) is 0 Å². The monoisotopic (exact) mass is 302 g/mol. The van der Waals surface area contributed by atoms with Crippen molar-refractivity contribution in [2.24, 2.45) is 5.92 Å². The van der Waals surface area contributed by atoms with Crippen molar-refractivity contribution in [3.63, 3.8) is 0 Å². The number of carboxylic acid groups (broad SMARTS) is 2. The fourth-order valence-electron chi connectivity index (χ4n) is 1.43. The van der Waals surface area contributed by atoms with E-state index in [0.717, 1.165) is 12.8 Å². The predicted molar refractivity (Wildman–Crippen MR) is 79.7 cm³/mol. The first-order chi connectivity index (χ1) is 9.59. The molecule has 0 aromatic rings. The van der Waals surface area contributed by atoms with Crippen LogP contribution in [0.25, 0.3) is 0 Å². The number of carboxylic acids is 2. The number of hydrogen-bond acceptors (Lipinski definition) is 4. The van der Waals surface area contributed by atoms with Gasteiger partial charge in [-0.25, -0.2) is 9.59 Å². The summed E-state index contributed by atoms with van der Waals surface area (Å²) in [5, 5.41) is 33.2. The molecule has 0 aromatic carbocycles. The number of rotatable bonds is 3. The molecule has 1 rings (SSSR count). The van der Waals surface area contributed by atoms with Gasteiger partial charge in [0.25, 0.3) is 0 Å². The molecule has 0 amide bonds. The molecule has 1 aliphatic rings. The second kappa shape index (κ2) is 12.1. The molecule has 0 unspecified atom stereocenters.